The van der Waals surface area contributed by atoms with E-state index in [4.69, 9.17) is 0 Å². The molecule has 0 aromatic carbocycles. The highest BCUT2D eigenvalue weighted by Crippen LogP contribution is 2.23. The lowest BCUT2D eigenvalue weighted by atomic mass is 10.1. The predicted octanol–water partition coefficient (Wildman–Crippen LogP) is 3.71. The Balaban J connectivity index is 2.70. The lowest BCUT2D eigenvalue weighted by molar-refractivity contribution is 0.493. The summed E-state index contributed by atoms with van der Waals surface area (Å²) in [5, 5.41) is 3.18. The first-order valence-corrected chi connectivity index (χ1v) is 5.26. The molecule has 0 aromatic rings. The zero-order valence-electron chi connectivity index (χ0n) is 9.49. The molecule has 1 aliphatic rings. The van der Waals surface area contributed by atoms with Gasteiger partial charge in [0.2, 0.25) is 0 Å². The molecule has 1 N–H and O–H groups in total. The van der Waals surface area contributed by atoms with E-state index in [1.165, 1.54) is 0 Å². The van der Waals surface area contributed by atoms with E-state index in [-0.39, 0.29) is 6.04 Å². The van der Waals surface area contributed by atoms with E-state index in [1.54, 1.807) is 0 Å². The largest absolute Gasteiger partial charge is 0.307 e. The number of rotatable bonds is 3. The fraction of sp³-hybridized carbons (Fsp3) is 0.500. The number of halogens is 3. The van der Waals surface area contributed by atoms with Crippen molar-refractivity contribution < 1.29 is 13.2 Å². The van der Waals surface area contributed by atoms with E-state index in [1.807, 2.05) is 6.92 Å². The summed E-state index contributed by atoms with van der Waals surface area (Å²) in [6, 6.07) is 0.301. The number of allylic oxidation sites excluding steroid dienone is 3. The van der Waals surface area contributed by atoms with Crippen LogP contribution >= 0.6 is 0 Å². The average molecular weight is 231 g/mol. The number of hydrogen-bond acceptors (Lipinski definition) is 1. The summed E-state index contributed by atoms with van der Waals surface area (Å²) in [7, 11) is 0. The molecule has 0 aliphatic carbocycles. The van der Waals surface area contributed by atoms with Crippen LogP contribution in [-0.4, -0.2) is 12.1 Å². The van der Waals surface area contributed by atoms with Crippen molar-refractivity contribution in [2.45, 2.75) is 38.8 Å². The summed E-state index contributed by atoms with van der Waals surface area (Å²) in [6.45, 7) is 6.55. The van der Waals surface area contributed by atoms with Gasteiger partial charge in [-0.25, -0.2) is 13.2 Å². The van der Waals surface area contributed by atoms with Crippen LogP contribution in [0.3, 0.4) is 0 Å². The lowest BCUT2D eigenvalue weighted by Gasteiger charge is -2.11. The summed E-state index contributed by atoms with van der Waals surface area (Å²) in [4.78, 5) is 0. The minimum atomic E-state index is -1.45. The maximum Gasteiger partial charge on any atom is 0.189 e. The Labute approximate surface area is 93.7 Å². The van der Waals surface area contributed by atoms with Gasteiger partial charge in [0.1, 0.15) is 5.83 Å². The molecule has 0 unspecified atom stereocenters. The fourth-order valence-corrected chi connectivity index (χ4v) is 1.71. The molecule has 0 aromatic heterocycles. The van der Waals surface area contributed by atoms with Crippen molar-refractivity contribution in [3.8, 4) is 0 Å². The van der Waals surface area contributed by atoms with E-state index in [0.717, 1.165) is 25.8 Å². The first-order chi connectivity index (χ1) is 7.41. The molecule has 16 heavy (non-hydrogen) atoms. The van der Waals surface area contributed by atoms with Gasteiger partial charge >= 0.3 is 0 Å². The van der Waals surface area contributed by atoms with Crippen molar-refractivity contribution in [3.05, 3.63) is 35.7 Å². The average Bonchev–Trinajstić information content (AvgIpc) is 2.63. The molecule has 90 valence electrons. The van der Waals surface area contributed by atoms with Gasteiger partial charge in [-0.15, -0.1) is 0 Å². The minimum absolute atomic E-state index is 0.0477. The summed E-state index contributed by atoms with van der Waals surface area (Å²) >= 11 is 0. The molecule has 0 amide bonds. The van der Waals surface area contributed by atoms with Crippen LogP contribution in [0.4, 0.5) is 13.2 Å². The van der Waals surface area contributed by atoms with Crippen molar-refractivity contribution in [2.24, 2.45) is 0 Å². The molecule has 0 bridgehead atoms. The van der Waals surface area contributed by atoms with E-state index in [2.05, 4.69) is 11.9 Å². The maximum atomic E-state index is 13.1. The van der Waals surface area contributed by atoms with E-state index in [0.29, 0.717) is 11.6 Å². The summed E-state index contributed by atoms with van der Waals surface area (Å²) in [5.41, 5.74) is 0.443. The Bertz CT molecular complexity index is 340. The Morgan fingerprint density at radius 2 is 1.94 bits per heavy atom. The Kier molecular flexibility index (Phi) is 4.35. The second-order valence-electron chi connectivity index (χ2n) is 4.11. The molecule has 1 nitrogen and oxygen atoms in total. The van der Waals surface area contributed by atoms with Gasteiger partial charge in [0.05, 0.1) is 0 Å². The van der Waals surface area contributed by atoms with Crippen molar-refractivity contribution >= 4 is 0 Å². The van der Waals surface area contributed by atoms with Crippen LogP contribution in [0.15, 0.2) is 35.7 Å². The van der Waals surface area contributed by atoms with Crippen LogP contribution in [0.5, 0.6) is 0 Å². The second kappa shape index (κ2) is 5.34. The molecule has 1 saturated heterocycles. The highest BCUT2D eigenvalue weighted by Gasteiger charge is 2.22. The minimum Gasteiger partial charge on any atom is -0.307 e. The van der Waals surface area contributed by atoms with Crippen molar-refractivity contribution in [3.63, 3.8) is 0 Å². The molecule has 1 aliphatic heterocycles. The number of hydrogen-bond donors (Lipinski definition) is 1. The Morgan fingerprint density at radius 3 is 2.38 bits per heavy atom. The molecular weight excluding hydrogens is 215 g/mol. The summed E-state index contributed by atoms with van der Waals surface area (Å²) in [6.07, 6.45) is 2.76. The van der Waals surface area contributed by atoms with Crippen molar-refractivity contribution in [1.29, 1.82) is 0 Å². The van der Waals surface area contributed by atoms with Crippen LogP contribution < -0.4 is 5.32 Å². The molecule has 0 saturated carbocycles. The van der Waals surface area contributed by atoms with E-state index >= 15 is 0 Å². The van der Waals surface area contributed by atoms with Gasteiger partial charge in [-0.3, -0.25) is 0 Å². The van der Waals surface area contributed by atoms with Crippen LogP contribution in [0.2, 0.25) is 0 Å². The molecule has 1 fully saturated rings. The summed E-state index contributed by atoms with van der Waals surface area (Å²) < 4.78 is 38.4. The maximum absolute atomic E-state index is 13.1. The lowest BCUT2D eigenvalue weighted by Crippen LogP contribution is -2.27. The van der Waals surface area contributed by atoms with Gasteiger partial charge in [-0.1, -0.05) is 6.58 Å². The van der Waals surface area contributed by atoms with Crippen molar-refractivity contribution in [1.82, 2.24) is 5.32 Å². The van der Waals surface area contributed by atoms with Gasteiger partial charge in [-0.2, -0.15) is 0 Å². The topological polar surface area (TPSA) is 12.0 Å². The first kappa shape index (κ1) is 13.0. The quantitative estimate of drug-likeness (QED) is 0.730. The smallest absolute Gasteiger partial charge is 0.189 e. The van der Waals surface area contributed by atoms with Gasteiger partial charge < -0.3 is 5.32 Å². The highest BCUT2D eigenvalue weighted by atomic mass is 19.2. The molecular formula is C12H16F3N. The third kappa shape index (κ3) is 3.23. The van der Waals surface area contributed by atoms with Crippen LogP contribution in [0.25, 0.3) is 0 Å². The second-order valence-corrected chi connectivity index (χ2v) is 4.11. The Morgan fingerprint density at radius 1 is 1.31 bits per heavy atom. The van der Waals surface area contributed by atoms with Crippen molar-refractivity contribution in [2.75, 3.05) is 0 Å². The first-order valence-electron chi connectivity index (χ1n) is 5.26. The Hall–Kier alpha value is -1.03. The highest BCUT2D eigenvalue weighted by molar-refractivity contribution is 5.32. The van der Waals surface area contributed by atoms with E-state index in [9.17, 15) is 13.2 Å². The predicted molar refractivity (Wildman–Crippen MR) is 58.9 cm³/mol. The number of nitrogens with one attached hydrogen (secondary N) is 1. The SMILES string of the molecule is C=C(/C=C(F)\C(F)=C(/C)F)[C@@H]1CC[C@H](C)N1. The third-order valence-corrected chi connectivity index (χ3v) is 2.65. The molecule has 0 spiro atoms. The molecule has 1 heterocycles. The van der Waals surface area contributed by atoms with Gasteiger partial charge in [0, 0.05) is 12.1 Å². The van der Waals surface area contributed by atoms with Gasteiger partial charge in [0.15, 0.2) is 11.7 Å². The van der Waals surface area contributed by atoms with Crippen LogP contribution in [-0.2, 0) is 0 Å². The standard InChI is InChI=1S/C12H16F3N/c1-7(11-5-4-8(2)16-11)6-10(14)12(15)9(3)13/h6,8,11,16H,1,4-5H2,2-3H3/b10-6+,12-9-/t8-,11-/m0/s1. The van der Waals surface area contributed by atoms with E-state index < -0.39 is 17.5 Å². The molecule has 1 rings (SSSR count). The zero-order chi connectivity index (χ0) is 12.3. The van der Waals surface area contributed by atoms with Crippen LogP contribution in [0.1, 0.15) is 26.7 Å². The third-order valence-electron chi connectivity index (χ3n) is 2.65. The van der Waals surface area contributed by atoms with Crippen LogP contribution in [0, 0.1) is 0 Å². The summed E-state index contributed by atoms with van der Waals surface area (Å²) in [5.74, 6) is -3.81. The monoisotopic (exact) mass is 231 g/mol. The van der Waals surface area contributed by atoms with Gasteiger partial charge in [0.25, 0.3) is 0 Å². The molecule has 0 radical (unpaired) electrons. The molecule has 2 atom stereocenters. The van der Waals surface area contributed by atoms with Gasteiger partial charge in [-0.05, 0) is 38.3 Å². The zero-order valence-corrected chi connectivity index (χ0v) is 9.49. The fourth-order valence-electron chi connectivity index (χ4n) is 1.71. The normalized spacial score (nSPS) is 27.9. The molecule has 4 heteroatoms.